The lowest BCUT2D eigenvalue weighted by Crippen LogP contribution is -2.15. The molecule has 1 heterocycles. The average Bonchev–Trinajstić information content (AvgIpc) is 3.11. The van der Waals surface area contributed by atoms with Gasteiger partial charge in [0.05, 0.1) is 27.0 Å². The summed E-state index contributed by atoms with van der Waals surface area (Å²) < 4.78 is 32.3. The molecule has 3 rings (SSSR count). The van der Waals surface area contributed by atoms with E-state index in [2.05, 4.69) is 11.6 Å². The number of aromatic nitrogens is 1. The molecule has 0 saturated heterocycles. The third kappa shape index (κ3) is 3.80. The molecule has 1 aromatic heterocycles. The number of thiazole rings is 1. The highest BCUT2D eigenvalue weighted by Crippen LogP contribution is 2.41. The first-order chi connectivity index (χ1) is 13.6. The highest BCUT2D eigenvalue weighted by Gasteiger charge is 2.16. The Hall–Kier alpha value is -3.06. The quantitative estimate of drug-likeness (QED) is 0.535. The fraction of sp³-hybridized carbons (Fsp3) is 0.190. The summed E-state index contributed by atoms with van der Waals surface area (Å²) >= 11 is 1.42. The van der Waals surface area contributed by atoms with Crippen LogP contribution in [0.15, 0.2) is 59.4 Å². The summed E-state index contributed by atoms with van der Waals surface area (Å²) in [6.07, 6.45) is 1.77. The summed E-state index contributed by atoms with van der Waals surface area (Å²) in [7, 11) is 4.71. The molecule has 7 heteroatoms. The first-order valence-electron chi connectivity index (χ1n) is 8.51. The highest BCUT2D eigenvalue weighted by atomic mass is 32.1. The van der Waals surface area contributed by atoms with Crippen LogP contribution in [0.4, 0.5) is 10.1 Å². The molecule has 0 atom stereocenters. The number of para-hydroxylation sites is 1. The van der Waals surface area contributed by atoms with E-state index in [1.165, 1.54) is 17.4 Å². The van der Waals surface area contributed by atoms with E-state index in [4.69, 9.17) is 14.2 Å². The van der Waals surface area contributed by atoms with Crippen molar-refractivity contribution in [1.29, 1.82) is 0 Å². The van der Waals surface area contributed by atoms with E-state index in [9.17, 15) is 4.39 Å². The predicted octanol–water partition coefficient (Wildman–Crippen LogP) is 4.80. The summed E-state index contributed by atoms with van der Waals surface area (Å²) in [6, 6.07) is 10.2. The van der Waals surface area contributed by atoms with E-state index in [0.717, 1.165) is 11.3 Å². The third-order valence-electron chi connectivity index (χ3n) is 4.14. The fourth-order valence-corrected chi connectivity index (χ4v) is 3.76. The van der Waals surface area contributed by atoms with Crippen molar-refractivity contribution in [1.82, 2.24) is 4.57 Å². The van der Waals surface area contributed by atoms with Crippen LogP contribution in [0, 0.1) is 5.82 Å². The summed E-state index contributed by atoms with van der Waals surface area (Å²) in [5.74, 6) is 1.27. The Morgan fingerprint density at radius 3 is 2.36 bits per heavy atom. The monoisotopic (exact) mass is 400 g/mol. The van der Waals surface area contributed by atoms with E-state index in [0.29, 0.717) is 34.3 Å². The molecule has 3 aromatic rings. The van der Waals surface area contributed by atoms with Gasteiger partial charge in [0.25, 0.3) is 0 Å². The Bertz CT molecular complexity index is 1030. The number of nitrogens with zero attached hydrogens (tertiary/aromatic N) is 2. The lowest BCUT2D eigenvalue weighted by Gasteiger charge is -2.15. The Labute approximate surface area is 167 Å². The Kier molecular flexibility index (Phi) is 6.16. The van der Waals surface area contributed by atoms with Crippen molar-refractivity contribution in [2.45, 2.75) is 6.54 Å². The molecule has 0 N–H and O–H groups in total. The van der Waals surface area contributed by atoms with Crippen LogP contribution in [-0.4, -0.2) is 25.9 Å². The minimum Gasteiger partial charge on any atom is -0.493 e. The van der Waals surface area contributed by atoms with Gasteiger partial charge in [-0.15, -0.1) is 17.9 Å². The van der Waals surface area contributed by atoms with Gasteiger partial charge in [0.2, 0.25) is 5.75 Å². The number of hydrogen-bond acceptors (Lipinski definition) is 5. The minimum atomic E-state index is -0.365. The van der Waals surface area contributed by atoms with E-state index >= 15 is 0 Å². The first kappa shape index (κ1) is 19.7. The van der Waals surface area contributed by atoms with Crippen LogP contribution < -0.4 is 19.0 Å². The maximum atomic E-state index is 14.0. The molecule has 0 unspecified atom stereocenters. The zero-order chi connectivity index (χ0) is 20.1. The lowest BCUT2D eigenvalue weighted by atomic mass is 10.1. The topological polar surface area (TPSA) is 45.0 Å². The number of methoxy groups -OCH3 is 3. The zero-order valence-electron chi connectivity index (χ0n) is 15.9. The summed E-state index contributed by atoms with van der Waals surface area (Å²) in [5.41, 5.74) is 2.04. The molecule has 0 aliphatic heterocycles. The van der Waals surface area contributed by atoms with Crippen molar-refractivity contribution in [2.75, 3.05) is 21.3 Å². The lowest BCUT2D eigenvalue weighted by molar-refractivity contribution is 0.324. The van der Waals surface area contributed by atoms with Gasteiger partial charge in [-0.2, -0.15) is 0 Å². The average molecular weight is 400 g/mol. The normalized spacial score (nSPS) is 11.4. The van der Waals surface area contributed by atoms with Gasteiger partial charge in [0.1, 0.15) is 11.5 Å². The van der Waals surface area contributed by atoms with E-state index in [-0.39, 0.29) is 5.82 Å². The smallest absolute Gasteiger partial charge is 0.203 e. The molecule has 0 aliphatic rings. The summed E-state index contributed by atoms with van der Waals surface area (Å²) in [4.78, 5) is 5.16. The van der Waals surface area contributed by atoms with Crippen LogP contribution in [0.25, 0.3) is 11.3 Å². The molecular weight excluding hydrogens is 379 g/mol. The van der Waals surface area contributed by atoms with Crippen LogP contribution in [-0.2, 0) is 6.54 Å². The van der Waals surface area contributed by atoms with Gasteiger partial charge < -0.3 is 18.8 Å². The summed E-state index contributed by atoms with van der Waals surface area (Å²) in [6.45, 7) is 4.35. The fourth-order valence-electron chi connectivity index (χ4n) is 2.83. The van der Waals surface area contributed by atoms with Gasteiger partial charge in [-0.05, 0) is 24.3 Å². The number of halogens is 1. The van der Waals surface area contributed by atoms with Crippen LogP contribution in [0.1, 0.15) is 0 Å². The van der Waals surface area contributed by atoms with E-state index in [1.54, 1.807) is 45.6 Å². The van der Waals surface area contributed by atoms with Crippen LogP contribution in [0.2, 0.25) is 0 Å². The van der Waals surface area contributed by atoms with Crippen molar-refractivity contribution < 1.29 is 18.6 Å². The minimum absolute atomic E-state index is 0.290. The molecular formula is C21H21FN2O3S. The van der Waals surface area contributed by atoms with Gasteiger partial charge in [0.15, 0.2) is 16.3 Å². The Morgan fingerprint density at radius 2 is 1.79 bits per heavy atom. The molecule has 146 valence electrons. The molecule has 0 saturated carbocycles. The molecule has 0 radical (unpaired) electrons. The second-order valence-electron chi connectivity index (χ2n) is 5.78. The Balaban J connectivity index is 2.20. The largest absolute Gasteiger partial charge is 0.493 e. The molecule has 0 bridgehead atoms. The van der Waals surface area contributed by atoms with E-state index in [1.807, 2.05) is 22.1 Å². The summed E-state index contributed by atoms with van der Waals surface area (Å²) in [5, 5.41) is 1.96. The van der Waals surface area contributed by atoms with Crippen LogP contribution in [0.5, 0.6) is 17.2 Å². The van der Waals surface area contributed by atoms with E-state index < -0.39 is 0 Å². The van der Waals surface area contributed by atoms with Crippen molar-refractivity contribution in [2.24, 2.45) is 4.99 Å². The van der Waals surface area contributed by atoms with Gasteiger partial charge >= 0.3 is 0 Å². The number of benzene rings is 2. The number of ether oxygens (including phenoxy) is 3. The molecule has 28 heavy (non-hydrogen) atoms. The number of allylic oxidation sites excluding steroid dienone is 1. The molecule has 0 fully saturated rings. The second kappa shape index (κ2) is 8.75. The SMILES string of the molecule is C=CCn1c(-c2cc(OC)c(OC)c(OC)c2)csc1=Nc1ccccc1F. The van der Waals surface area contributed by atoms with Gasteiger partial charge in [-0.1, -0.05) is 18.2 Å². The highest BCUT2D eigenvalue weighted by molar-refractivity contribution is 7.07. The number of rotatable bonds is 7. The van der Waals surface area contributed by atoms with Gasteiger partial charge in [-0.25, -0.2) is 9.38 Å². The van der Waals surface area contributed by atoms with Crippen molar-refractivity contribution >= 4 is 17.0 Å². The first-order valence-corrected chi connectivity index (χ1v) is 9.39. The molecule has 5 nitrogen and oxygen atoms in total. The van der Waals surface area contributed by atoms with Crippen molar-refractivity contribution in [3.63, 3.8) is 0 Å². The predicted molar refractivity (Wildman–Crippen MR) is 109 cm³/mol. The van der Waals surface area contributed by atoms with Crippen molar-refractivity contribution in [3.8, 4) is 28.5 Å². The number of hydrogen-bond donors (Lipinski definition) is 0. The van der Waals surface area contributed by atoms with Gasteiger partial charge in [0, 0.05) is 17.5 Å². The van der Waals surface area contributed by atoms with Crippen LogP contribution in [0.3, 0.4) is 0 Å². The van der Waals surface area contributed by atoms with Crippen molar-refractivity contribution in [3.05, 3.63) is 65.1 Å². The van der Waals surface area contributed by atoms with Crippen LogP contribution >= 0.6 is 11.3 Å². The second-order valence-corrected chi connectivity index (χ2v) is 6.62. The molecule has 0 aliphatic carbocycles. The molecule has 0 spiro atoms. The molecule has 2 aromatic carbocycles. The maximum absolute atomic E-state index is 14.0. The standard InChI is InChI=1S/C21H21FN2O3S/c1-5-10-24-17(13-28-21(24)23-16-9-7-6-8-15(16)22)14-11-18(25-2)20(27-4)19(12-14)26-3/h5-9,11-13H,1,10H2,2-4H3. The maximum Gasteiger partial charge on any atom is 0.203 e. The third-order valence-corrected chi connectivity index (χ3v) is 5.00. The Morgan fingerprint density at radius 1 is 1.11 bits per heavy atom. The van der Waals surface area contributed by atoms with Gasteiger partial charge in [-0.3, -0.25) is 0 Å². The molecule has 0 amide bonds. The zero-order valence-corrected chi connectivity index (χ0v) is 16.8.